The van der Waals surface area contributed by atoms with Gasteiger partial charge in [-0.05, 0) is 18.3 Å². The molecule has 1 radical (unpaired) electrons. The molecule has 0 fully saturated rings. The van der Waals surface area contributed by atoms with Crippen molar-refractivity contribution in [2.24, 2.45) is 0 Å². The van der Waals surface area contributed by atoms with Crippen LogP contribution in [-0.2, 0) is 0 Å². The van der Waals surface area contributed by atoms with E-state index in [0.29, 0.717) is 22.2 Å². The first-order valence-corrected chi connectivity index (χ1v) is 11.0. The molecule has 7 heteroatoms. The highest BCUT2D eigenvalue weighted by molar-refractivity contribution is 7.01. The summed E-state index contributed by atoms with van der Waals surface area (Å²) in [5.74, 6) is -9.80. The molecule has 0 atom stereocenters. The molecule has 1 N–H and O–H groups in total. The quantitative estimate of drug-likeness (QED) is 0.137. The first kappa shape index (κ1) is 24.4. The van der Waals surface area contributed by atoms with Crippen LogP contribution in [-0.4, -0.2) is 20.8 Å². The van der Waals surface area contributed by atoms with Gasteiger partial charge in [0, 0.05) is 0 Å². The van der Waals surface area contributed by atoms with Crippen LogP contribution in [0, 0.1) is 29.1 Å². The van der Waals surface area contributed by atoms with Gasteiger partial charge in [-0.2, -0.15) is 10.9 Å². The molecule has 0 unspecified atom stereocenters. The van der Waals surface area contributed by atoms with E-state index < -0.39 is 41.3 Å². The van der Waals surface area contributed by atoms with E-state index in [1.165, 1.54) is 0 Å². The van der Waals surface area contributed by atoms with Crippen molar-refractivity contribution in [3.63, 3.8) is 0 Å². The number of halogens is 5. The Hall–Kier alpha value is -3.71. The molecule has 0 saturated carbocycles. The maximum Gasteiger partial charge on any atom is 0.200 e. The van der Waals surface area contributed by atoms with Crippen molar-refractivity contribution in [3.05, 3.63) is 125 Å². The first-order valence-electron chi connectivity index (χ1n) is 11.0. The lowest BCUT2D eigenvalue weighted by molar-refractivity contribution is -0.785. The molecule has 0 saturated heterocycles. The molecule has 0 bridgehead atoms. The summed E-state index contributed by atoms with van der Waals surface area (Å²) in [5.41, 5.74) is 1.91. The van der Waals surface area contributed by atoms with Gasteiger partial charge in [0.05, 0.1) is 19.8 Å². The van der Waals surface area contributed by atoms with E-state index in [2.05, 4.69) is 0 Å². The third-order valence-corrected chi connectivity index (χ3v) is 5.88. The summed E-state index contributed by atoms with van der Waals surface area (Å²) in [6, 6.07) is 24.7. The van der Waals surface area contributed by atoms with Gasteiger partial charge < -0.3 is 4.90 Å². The summed E-state index contributed by atoms with van der Waals surface area (Å²) in [6.45, 7) is -1.28. The Labute approximate surface area is 201 Å². The summed E-state index contributed by atoms with van der Waals surface area (Å²) in [5, 5.41) is 0. The average Bonchev–Trinajstić information content (AvgIpc) is 2.89. The minimum absolute atomic E-state index is 0.397. The minimum Gasteiger partial charge on any atom is -0.310 e. The Bertz CT molecular complexity index is 1340. The van der Waals surface area contributed by atoms with Crippen molar-refractivity contribution in [2.45, 2.75) is 0 Å². The van der Waals surface area contributed by atoms with Crippen molar-refractivity contribution < 1.29 is 26.9 Å². The van der Waals surface area contributed by atoms with Crippen LogP contribution in [0.5, 0.6) is 0 Å². The molecule has 0 heterocycles. The summed E-state index contributed by atoms with van der Waals surface area (Å²) in [7, 11) is 3.66. The number of benzene rings is 4. The molecule has 35 heavy (non-hydrogen) atoms. The molecule has 0 amide bonds. The number of rotatable bonds is 6. The molecule has 4 aromatic rings. The zero-order chi connectivity index (χ0) is 25.1. The van der Waals surface area contributed by atoms with Crippen molar-refractivity contribution >= 4 is 34.9 Å². The van der Waals surface area contributed by atoms with E-state index in [0.717, 1.165) is 10.5 Å². The molecule has 0 aliphatic carbocycles. The third kappa shape index (κ3) is 4.77. The standard InChI is InChI=1S/C28H21BF5N/c1-35(2)22-16-10-9-15-20(22)29(23-24(30)26(32)28(34)27(33)25(23)31)21(19-13-7-4-8-14-19)17-18-11-5-3-6-12-18/h3-17H,1-2H3/q-1/p+1/b21-17+. The van der Waals surface area contributed by atoms with Crippen molar-refractivity contribution in [1.82, 2.24) is 0 Å². The van der Waals surface area contributed by atoms with E-state index in [1.807, 2.05) is 32.3 Å². The van der Waals surface area contributed by atoms with Crippen LogP contribution in [0.1, 0.15) is 11.1 Å². The fourth-order valence-corrected chi connectivity index (χ4v) is 4.25. The minimum atomic E-state index is -2.18. The molecule has 1 nitrogen and oxygen atoms in total. The SMILES string of the molecule is C[NH+](C)c1ccccc1[B-](/C(=C/c1ccccc1)c1ccccc1)c1c(F)c(F)c(F)c(F)c1F. The van der Waals surface area contributed by atoms with Crippen LogP contribution < -0.4 is 15.8 Å². The van der Waals surface area contributed by atoms with Crippen LogP contribution in [0.25, 0.3) is 11.5 Å². The summed E-state index contributed by atoms with van der Waals surface area (Å²) in [6.07, 6.45) is 1.72. The number of hydrogen-bond acceptors (Lipinski definition) is 0. The largest absolute Gasteiger partial charge is 0.310 e. The van der Waals surface area contributed by atoms with Crippen molar-refractivity contribution in [3.8, 4) is 0 Å². The number of nitrogens with one attached hydrogen (secondary N) is 1. The lowest BCUT2D eigenvalue weighted by Gasteiger charge is -2.36. The average molecular weight is 478 g/mol. The fraction of sp³-hybridized carbons (Fsp3) is 0.0714. The Morgan fingerprint density at radius 1 is 0.629 bits per heavy atom. The summed E-state index contributed by atoms with van der Waals surface area (Å²) in [4.78, 5) is 0.835. The fourth-order valence-electron chi connectivity index (χ4n) is 4.25. The second-order valence-electron chi connectivity index (χ2n) is 8.38. The van der Waals surface area contributed by atoms with Crippen LogP contribution in [0.4, 0.5) is 27.6 Å². The smallest absolute Gasteiger partial charge is 0.200 e. The van der Waals surface area contributed by atoms with Gasteiger partial charge in [-0.25, -0.2) is 27.4 Å². The number of para-hydroxylation sites is 1. The van der Waals surface area contributed by atoms with E-state index >= 15 is 8.78 Å². The summed E-state index contributed by atoms with van der Waals surface area (Å²) < 4.78 is 73.5. The van der Waals surface area contributed by atoms with Gasteiger partial charge in [-0.3, -0.25) is 0 Å². The van der Waals surface area contributed by atoms with Crippen LogP contribution in [0.3, 0.4) is 0 Å². The van der Waals surface area contributed by atoms with Gasteiger partial charge in [0.1, 0.15) is 11.6 Å². The predicted octanol–water partition coefficient (Wildman–Crippen LogP) is 4.55. The normalized spacial score (nSPS) is 12.0. The molecule has 4 aromatic carbocycles. The van der Waals surface area contributed by atoms with Crippen LogP contribution >= 0.6 is 0 Å². The maximum atomic E-state index is 15.3. The second kappa shape index (κ2) is 10.3. The Morgan fingerprint density at radius 2 is 1.11 bits per heavy atom. The molecule has 0 spiro atoms. The summed E-state index contributed by atoms with van der Waals surface area (Å²) >= 11 is 0. The third-order valence-electron chi connectivity index (χ3n) is 5.88. The molecule has 4 rings (SSSR count). The molecule has 177 valence electrons. The van der Waals surface area contributed by atoms with Crippen LogP contribution in [0.15, 0.2) is 84.9 Å². The zero-order valence-electron chi connectivity index (χ0n) is 19.1. The topological polar surface area (TPSA) is 4.44 Å². The molecule has 0 aliphatic rings. The van der Waals surface area contributed by atoms with Gasteiger partial charge in [-0.1, -0.05) is 90.5 Å². The molecule has 0 aromatic heterocycles. The Balaban J connectivity index is 2.14. The van der Waals surface area contributed by atoms with Crippen molar-refractivity contribution in [1.29, 1.82) is 0 Å². The first-order chi connectivity index (χ1) is 16.8. The predicted molar refractivity (Wildman–Crippen MR) is 131 cm³/mol. The van der Waals surface area contributed by atoms with E-state index in [4.69, 9.17) is 0 Å². The molecule has 0 aliphatic heterocycles. The maximum absolute atomic E-state index is 15.3. The Morgan fingerprint density at radius 3 is 1.69 bits per heavy atom. The van der Waals surface area contributed by atoms with Gasteiger partial charge in [-0.15, -0.1) is 0 Å². The van der Waals surface area contributed by atoms with Gasteiger partial charge in [0.2, 0.25) is 0 Å². The molecular weight excluding hydrogens is 456 g/mol. The highest BCUT2D eigenvalue weighted by Gasteiger charge is 2.28. The lowest BCUT2D eigenvalue weighted by Crippen LogP contribution is -3.01. The van der Waals surface area contributed by atoms with Gasteiger partial charge in [0.15, 0.2) is 17.5 Å². The lowest BCUT2D eigenvalue weighted by atomic mass is 9.34. The molecular formula is C28H22BF5N. The van der Waals surface area contributed by atoms with Crippen molar-refractivity contribution in [2.75, 3.05) is 14.1 Å². The van der Waals surface area contributed by atoms with E-state index in [-0.39, 0.29) is 0 Å². The number of hydrogen-bond donors (Lipinski definition) is 1. The van der Waals surface area contributed by atoms with Gasteiger partial charge in [0.25, 0.3) is 0 Å². The van der Waals surface area contributed by atoms with Gasteiger partial charge >= 0.3 is 0 Å². The highest BCUT2D eigenvalue weighted by atomic mass is 19.2. The second-order valence-corrected chi connectivity index (χ2v) is 8.38. The zero-order valence-corrected chi connectivity index (χ0v) is 19.1. The monoisotopic (exact) mass is 478 g/mol. The Kier molecular flexibility index (Phi) is 7.17. The van der Waals surface area contributed by atoms with E-state index in [9.17, 15) is 13.2 Å². The van der Waals surface area contributed by atoms with E-state index in [1.54, 1.807) is 72.8 Å². The highest BCUT2D eigenvalue weighted by Crippen LogP contribution is 2.26. The number of quaternary nitrogens is 1. The van der Waals surface area contributed by atoms with Crippen LogP contribution in [0.2, 0.25) is 0 Å².